The van der Waals surface area contributed by atoms with E-state index in [1.807, 2.05) is 17.0 Å². The summed E-state index contributed by atoms with van der Waals surface area (Å²) >= 11 is 0. The Morgan fingerprint density at radius 3 is 2.19 bits per heavy atom. The summed E-state index contributed by atoms with van der Waals surface area (Å²) in [6, 6.07) is 8.46. The molecule has 0 aromatic heterocycles. The first-order valence-electron chi connectivity index (χ1n) is 10.5. The van der Waals surface area contributed by atoms with Crippen molar-refractivity contribution in [2.75, 3.05) is 18.4 Å². The molecule has 2 aliphatic rings. The Balaban J connectivity index is 1.43. The van der Waals surface area contributed by atoms with Gasteiger partial charge in [-0.15, -0.1) is 0 Å². The van der Waals surface area contributed by atoms with Crippen molar-refractivity contribution in [3.63, 3.8) is 0 Å². The van der Waals surface area contributed by atoms with E-state index in [1.165, 1.54) is 24.8 Å². The van der Waals surface area contributed by atoms with Crippen LogP contribution in [0.25, 0.3) is 0 Å². The highest BCUT2D eigenvalue weighted by molar-refractivity contribution is 5.92. The average molecular weight is 372 g/mol. The molecule has 27 heavy (non-hydrogen) atoms. The van der Waals surface area contributed by atoms with Crippen LogP contribution in [0.5, 0.6) is 0 Å². The molecule has 0 bridgehead atoms. The van der Waals surface area contributed by atoms with Gasteiger partial charge in [0.15, 0.2) is 0 Å². The van der Waals surface area contributed by atoms with Crippen molar-refractivity contribution in [1.82, 2.24) is 10.2 Å². The number of piperidine rings is 1. The number of urea groups is 1. The lowest BCUT2D eigenvalue weighted by atomic mass is 9.95. The highest BCUT2D eigenvalue weighted by Crippen LogP contribution is 2.22. The number of hydrogen-bond acceptors (Lipinski definition) is 2. The first-order chi connectivity index (χ1) is 13.0. The molecule has 1 heterocycles. The number of benzene rings is 1. The molecule has 2 fully saturated rings. The van der Waals surface area contributed by atoms with E-state index in [0.29, 0.717) is 25.0 Å². The van der Waals surface area contributed by atoms with Crippen LogP contribution in [0.4, 0.5) is 10.5 Å². The zero-order chi connectivity index (χ0) is 19.2. The van der Waals surface area contributed by atoms with Crippen LogP contribution in [0.1, 0.15) is 70.3 Å². The lowest BCUT2D eigenvalue weighted by molar-refractivity contribution is -0.121. The summed E-state index contributed by atoms with van der Waals surface area (Å²) in [5.74, 6) is 0.534. The van der Waals surface area contributed by atoms with Crippen LogP contribution in [-0.2, 0) is 4.79 Å². The molecule has 3 rings (SSSR count). The maximum Gasteiger partial charge on any atom is 0.317 e. The third-order valence-electron chi connectivity index (χ3n) is 5.93. The Hall–Kier alpha value is -2.04. The standard InChI is InChI=1S/C22H33N3O2/c1-16(2)17-8-10-20(11-9-17)23-21(26)18-12-14-25(15-13-18)22(27)24-19-6-4-3-5-7-19/h8-11,16,18-19H,3-7,12-15H2,1-2H3,(H,23,26)(H,24,27). The SMILES string of the molecule is CC(C)c1ccc(NC(=O)C2CCN(C(=O)NC3CCCCC3)CC2)cc1. The largest absolute Gasteiger partial charge is 0.335 e. The Kier molecular flexibility index (Phi) is 6.75. The molecule has 1 aliphatic carbocycles. The molecule has 1 saturated heterocycles. The smallest absolute Gasteiger partial charge is 0.317 e. The molecule has 1 aliphatic heterocycles. The third-order valence-corrected chi connectivity index (χ3v) is 5.93. The summed E-state index contributed by atoms with van der Waals surface area (Å²) in [7, 11) is 0. The van der Waals surface area contributed by atoms with Gasteiger partial charge in [-0.05, 0) is 49.3 Å². The number of rotatable bonds is 4. The first-order valence-corrected chi connectivity index (χ1v) is 10.5. The molecule has 0 unspecified atom stereocenters. The Morgan fingerprint density at radius 1 is 0.963 bits per heavy atom. The number of likely N-dealkylation sites (tertiary alicyclic amines) is 1. The van der Waals surface area contributed by atoms with Gasteiger partial charge in [0.25, 0.3) is 0 Å². The Bertz CT molecular complexity index is 627. The molecule has 0 radical (unpaired) electrons. The normalized spacial score (nSPS) is 19.1. The van der Waals surface area contributed by atoms with Crippen LogP contribution in [0.2, 0.25) is 0 Å². The van der Waals surface area contributed by atoms with Crippen LogP contribution in [0.15, 0.2) is 24.3 Å². The minimum absolute atomic E-state index is 0.0199. The third kappa shape index (κ3) is 5.47. The highest BCUT2D eigenvalue weighted by Gasteiger charge is 2.28. The Morgan fingerprint density at radius 2 is 1.59 bits per heavy atom. The topological polar surface area (TPSA) is 61.4 Å². The van der Waals surface area contributed by atoms with Gasteiger partial charge in [-0.2, -0.15) is 0 Å². The van der Waals surface area contributed by atoms with Gasteiger partial charge in [-0.3, -0.25) is 4.79 Å². The number of anilines is 1. The number of carbonyl (C=O) groups is 2. The lowest BCUT2D eigenvalue weighted by Gasteiger charge is -2.33. The number of carbonyl (C=O) groups excluding carboxylic acids is 2. The summed E-state index contributed by atoms with van der Waals surface area (Å²) in [6.45, 7) is 5.63. The first kappa shape index (κ1) is 19.7. The zero-order valence-electron chi connectivity index (χ0n) is 16.7. The van der Waals surface area contributed by atoms with E-state index in [0.717, 1.165) is 31.4 Å². The van der Waals surface area contributed by atoms with E-state index in [2.05, 4.69) is 36.6 Å². The van der Waals surface area contributed by atoms with Gasteiger partial charge in [0.2, 0.25) is 5.91 Å². The van der Waals surface area contributed by atoms with Crippen LogP contribution in [-0.4, -0.2) is 36.0 Å². The van der Waals surface area contributed by atoms with Crippen molar-refractivity contribution in [3.05, 3.63) is 29.8 Å². The van der Waals surface area contributed by atoms with Gasteiger partial charge < -0.3 is 15.5 Å². The fourth-order valence-electron chi connectivity index (χ4n) is 4.05. The molecule has 5 heteroatoms. The lowest BCUT2D eigenvalue weighted by Crippen LogP contribution is -2.49. The molecule has 0 spiro atoms. The minimum atomic E-state index is -0.0199. The molecule has 1 saturated carbocycles. The number of nitrogens with one attached hydrogen (secondary N) is 2. The second kappa shape index (κ2) is 9.25. The number of nitrogens with zero attached hydrogens (tertiary/aromatic N) is 1. The van der Waals surface area contributed by atoms with Crippen molar-refractivity contribution in [2.24, 2.45) is 5.92 Å². The summed E-state index contributed by atoms with van der Waals surface area (Å²) < 4.78 is 0. The van der Waals surface area contributed by atoms with Gasteiger partial charge >= 0.3 is 6.03 Å². The van der Waals surface area contributed by atoms with Crippen LogP contribution >= 0.6 is 0 Å². The summed E-state index contributed by atoms with van der Waals surface area (Å²) in [5.41, 5.74) is 2.12. The fourth-order valence-corrected chi connectivity index (χ4v) is 4.05. The van der Waals surface area contributed by atoms with Gasteiger partial charge in [0.1, 0.15) is 0 Å². The Labute approximate surface area is 162 Å². The quantitative estimate of drug-likeness (QED) is 0.818. The number of hydrogen-bond donors (Lipinski definition) is 2. The second-order valence-corrected chi connectivity index (χ2v) is 8.31. The molecule has 0 atom stereocenters. The molecule has 1 aromatic carbocycles. The van der Waals surface area contributed by atoms with E-state index >= 15 is 0 Å². The van der Waals surface area contributed by atoms with Crippen LogP contribution < -0.4 is 10.6 Å². The van der Waals surface area contributed by atoms with E-state index < -0.39 is 0 Å². The summed E-state index contributed by atoms with van der Waals surface area (Å²) in [4.78, 5) is 26.9. The monoisotopic (exact) mass is 371 g/mol. The average Bonchev–Trinajstić information content (AvgIpc) is 2.69. The zero-order valence-corrected chi connectivity index (χ0v) is 16.7. The van der Waals surface area contributed by atoms with Gasteiger partial charge in [-0.25, -0.2) is 4.79 Å². The fraction of sp³-hybridized carbons (Fsp3) is 0.636. The molecule has 3 amide bonds. The van der Waals surface area contributed by atoms with Gasteiger partial charge in [0.05, 0.1) is 0 Å². The van der Waals surface area contributed by atoms with Crippen LogP contribution in [0.3, 0.4) is 0 Å². The maximum atomic E-state index is 12.5. The van der Waals surface area contributed by atoms with E-state index in [-0.39, 0.29) is 17.9 Å². The molecule has 5 nitrogen and oxygen atoms in total. The molecular formula is C22H33N3O2. The van der Waals surface area contributed by atoms with Gasteiger partial charge in [-0.1, -0.05) is 45.2 Å². The van der Waals surface area contributed by atoms with Crippen molar-refractivity contribution in [2.45, 2.75) is 70.8 Å². The molecule has 2 N–H and O–H groups in total. The van der Waals surface area contributed by atoms with Crippen molar-refractivity contribution >= 4 is 17.6 Å². The van der Waals surface area contributed by atoms with Crippen molar-refractivity contribution in [3.8, 4) is 0 Å². The predicted molar refractivity (Wildman–Crippen MR) is 109 cm³/mol. The predicted octanol–water partition coefficient (Wildman–Crippen LogP) is 4.50. The van der Waals surface area contributed by atoms with Crippen LogP contribution in [0, 0.1) is 5.92 Å². The van der Waals surface area contributed by atoms with Gasteiger partial charge in [0, 0.05) is 30.7 Å². The van der Waals surface area contributed by atoms with E-state index in [4.69, 9.17) is 0 Å². The highest BCUT2D eigenvalue weighted by atomic mass is 16.2. The molecular weight excluding hydrogens is 338 g/mol. The van der Waals surface area contributed by atoms with Crippen molar-refractivity contribution in [1.29, 1.82) is 0 Å². The summed E-state index contributed by atoms with van der Waals surface area (Å²) in [5, 5.41) is 6.20. The van der Waals surface area contributed by atoms with E-state index in [9.17, 15) is 9.59 Å². The molecule has 1 aromatic rings. The second-order valence-electron chi connectivity index (χ2n) is 8.31. The number of amides is 3. The minimum Gasteiger partial charge on any atom is -0.335 e. The van der Waals surface area contributed by atoms with E-state index in [1.54, 1.807) is 0 Å². The van der Waals surface area contributed by atoms with Crippen molar-refractivity contribution < 1.29 is 9.59 Å². The molecule has 148 valence electrons. The summed E-state index contributed by atoms with van der Waals surface area (Å²) in [6.07, 6.45) is 7.37. The maximum absolute atomic E-state index is 12.5.